The van der Waals surface area contributed by atoms with Crippen LogP contribution in [-0.2, 0) is 11.9 Å². The Morgan fingerprint density at radius 3 is 2.71 bits per heavy atom. The predicted molar refractivity (Wildman–Crippen MR) is 87.2 cm³/mol. The largest absolute Gasteiger partial charge is 0.416 e. The van der Waals surface area contributed by atoms with Gasteiger partial charge in [0.15, 0.2) is 0 Å². The number of alkyl halides is 3. The van der Waals surface area contributed by atoms with Crippen LogP contribution in [0, 0.1) is 6.92 Å². The van der Waals surface area contributed by atoms with E-state index >= 15 is 0 Å². The number of fused-ring (bicyclic) bond motifs is 1. The molecule has 0 atom stereocenters. The molecule has 0 saturated carbocycles. The molecule has 0 spiro atoms. The number of rotatable bonds is 3. The second kappa shape index (κ2) is 6.32. The molecule has 3 aromatic rings. The minimum Gasteiger partial charge on any atom is -0.269 e. The molecule has 3 rings (SSSR count). The van der Waals surface area contributed by atoms with Gasteiger partial charge in [0, 0.05) is 22.9 Å². The molecule has 0 aliphatic heterocycles. The van der Waals surface area contributed by atoms with Crippen molar-refractivity contribution >= 4 is 17.4 Å². The first-order valence-electron chi connectivity index (χ1n) is 7.12. The van der Waals surface area contributed by atoms with Crippen LogP contribution in [0.1, 0.15) is 16.8 Å². The van der Waals surface area contributed by atoms with Crippen molar-refractivity contribution in [2.45, 2.75) is 23.7 Å². The Bertz CT molecular complexity index is 950. The summed E-state index contributed by atoms with van der Waals surface area (Å²) in [6.07, 6.45) is -2.66. The van der Waals surface area contributed by atoms with Gasteiger partial charge in [-0.05, 0) is 36.8 Å². The summed E-state index contributed by atoms with van der Waals surface area (Å²) < 4.78 is 39.6. The molecule has 0 aliphatic rings. The highest BCUT2D eigenvalue weighted by Gasteiger charge is 2.30. The van der Waals surface area contributed by atoms with E-state index in [9.17, 15) is 18.0 Å². The number of benzene rings is 1. The summed E-state index contributed by atoms with van der Waals surface area (Å²) in [6, 6.07) is 10.1. The van der Waals surface area contributed by atoms with Crippen LogP contribution < -0.4 is 5.56 Å². The van der Waals surface area contributed by atoms with Crippen molar-refractivity contribution in [1.29, 1.82) is 0 Å². The number of thioether (sulfide) groups is 1. The highest BCUT2D eigenvalue weighted by atomic mass is 32.2. The van der Waals surface area contributed by atoms with Crippen molar-refractivity contribution in [3.05, 3.63) is 75.8 Å². The standard InChI is InChI=1S/C17H13F3N2OS/c1-11-5-6-15-21-13(8-16(23)22(15)9-11)10-24-14-4-2-3-12(7-14)17(18,19)20/h2-9H,10H2,1H3. The molecular weight excluding hydrogens is 337 g/mol. The first kappa shape index (κ1) is 16.6. The lowest BCUT2D eigenvalue weighted by Gasteiger charge is -2.08. The van der Waals surface area contributed by atoms with Crippen LogP contribution >= 0.6 is 11.8 Å². The van der Waals surface area contributed by atoms with Crippen LogP contribution in [0.2, 0.25) is 0 Å². The van der Waals surface area contributed by atoms with Gasteiger partial charge in [0.25, 0.3) is 5.56 Å². The van der Waals surface area contributed by atoms with Gasteiger partial charge in [-0.25, -0.2) is 4.98 Å². The molecule has 7 heteroatoms. The number of nitrogens with zero attached hydrogens (tertiary/aromatic N) is 2. The second-order valence-electron chi connectivity index (χ2n) is 5.33. The van der Waals surface area contributed by atoms with Crippen LogP contribution in [0.25, 0.3) is 5.65 Å². The third-order valence-corrected chi connectivity index (χ3v) is 4.44. The molecule has 0 fully saturated rings. The fourth-order valence-electron chi connectivity index (χ4n) is 2.25. The van der Waals surface area contributed by atoms with Crippen LogP contribution in [0.4, 0.5) is 13.2 Å². The zero-order chi connectivity index (χ0) is 17.3. The summed E-state index contributed by atoms with van der Waals surface area (Å²) in [4.78, 5) is 17.0. The third kappa shape index (κ3) is 3.62. The average molecular weight is 350 g/mol. The van der Waals surface area contributed by atoms with E-state index < -0.39 is 11.7 Å². The summed E-state index contributed by atoms with van der Waals surface area (Å²) in [5.74, 6) is 0.320. The molecule has 3 nitrogen and oxygen atoms in total. The molecule has 0 amide bonds. The Morgan fingerprint density at radius 2 is 1.96 bits per heavy atom. The third-order valence-electron chi connectivity index (χ3n) is 3.41. The fourth-order valence-corrected chi connectivity index (χ4v) is 3.10. The normalized spacial score (nSPS) is 11.8. The van der Waals surface area contributed by atoms with Crippen molar-refractivity contribution in [1.82, 2.24) is 9.38 Å². The van der Waals surface area contributed by atoms with E-state index in [4.69, 9.17) is 0 Å². The van der Waals surface area contributed by atoms with Crippen molar-refractivity contribution in [2.75, 3.05) is 0 Å². The van der Waals surface area contributed by atoms with E-state index in [0.29, 0.717) is 22.0 Å². The Balaban J connectivity index is 1.84. The lowest BCUT2D eigenvalue weighted by molar-refractivity contribution is -0.137. The minimum atomic E-state index is -4.37. The van der Waals surface area contributed by atoms with Gasteiger partial charge >= 0.3 is 6.18 Å². The van der Waals surface area contributed by atoms with Crippen LogP contribution in [-0.4, -0.2) is 9.38 Å². The van der Waals surface area contributed by atoms with Crippen LogP contribution in [0.3, 0.4) is 0 Å². The summed E-state index contributed by atoms with van der Waals surface area (Å²) in [6.45, 7) is 1.88. The van der Waals surface area contributed by atoms with Gasteiger partial charge in [-0.2, -0.15) is 13.2 Å². The van der Waals surface area contributed by atoms with Crippen molar-refractivity contribution in [3.63, 3.8) is 0 Å². The first-order valence-corrected chi connectivity index (χ1v) is 8.10. The van der Waals surface area contributed by atoms with Gasteiger partial charge < -0.3 is 0 Å². The lowest BCUT2D eigenvalue weighted by Crippen LogP contribution is -2.15. The Labute approximate surface area is 140 Å². The molecule has 0 unspecified atom stereocenters. The predicted octanol–water partition coefficient (Wildman–Crippen LogP) is 4.31. The highest BCUT2D eigenvalue weighted by molar-refractivity contribution is 7.98. The van der Waals surface area contributed by atoms with Crippen molar-refractivity contribution in [3.8, 4) is 0 Å². The number of aromatic nitrogens is 2. The minimum absolute atomic E-state index is 0.205. The molecule has 0 saturated heterocycles. The molecule has 0 bridgehead atoms. The number of hydrogen-bond donors (Lipinski definition) is 0. The molecular formula is C17H13F3N2OS. The summed E-state index contributed by atoms with van der Waals surface area (Å²) in [5, 5.41) is 0. The second-order valence-corrected chi connectivity index (χ2v) is 6.38. The van der Waals surface area contributed by atoms with E-state index in [0.717, 1.165) is 17.7 Å². The van der Waals surface area contributed by atoms with Crippen molar-refractivity contribution < 1.29 is 13.2 Å². The summed E-state index contributed by atoms with van der Waals surface area (Å²) in [7, 11) is 0. The Morgan fingerprint density at radius 1 is 1.17 bits per heavy atom. The Kier molecular flexibility index (Phi) is 4.36. The van der Waals surface area contributed by atoms with Crippen LogP contribution in [0.15, 0.2) is 58.4 Å². The molecule has 1 aromatic carbocycles. The average Bonchev–Trinajstić information content (AvgIpc) is 2.53. The molecule has 24 heavy (non-hydrogen) atoms. The smallest absolute Gasteiger partial charge is 0.269 e. The zero-order valence-electron chi connectivity index (χ0n) is 12.7. The number of aryl methyl sites for hydroxylation is 1. The van der Waals surface area contributed by atoms with Crippen molar-refractivity contribution in [2.24, 2.45) is 0 Å². The fraction of sp³-hybridized carbons (Fsp3) is 0.176. The molecule has 0 aliphatic carbocycles. The van der Waals surface area contributed by atoms with Gasteiger partial charge in [0.1, 0.15) is 5.65 Å². The SMILES string of the molecule is Cc1ccc2nc(CSc3cccc(C(F)(F)F)c3)cc(=O)n2c1. The quantitative estimate of drug-likeness (QED) is 0.660. The molecule has 124 valence electrons. The Hall–Kier alpha value is -2.28. The monoisotopic (exact) mass is 350 g/mol. The highest BCUT2D eigenvalue weighted by Crippen LogP contribution is 2.32. The van der Waals surface area contributed by atoms with E-state index in [1.807, 2.05) is 13.0 Å². The maximum Gasteiger partial charge on any atom is 0.416 e. The summed E-state index contributed by atoms with van der Waals surface area (Å²) in [5.41, 5.74) is 1.11. The number of pyridine rings is 1. The van der Waals surface area contributed by atoms with Crippen LogP contribution in [0.5, 0.6) is 0 Å². The van der Waals surface area contributed by atoms with Gasteiger partial charge in [-0.3, -0.25) is 9.20 Å². The van der Waals surface area contributed by atoms with Gasteiger partial charge in [0.2, 0.25) is 0 Å². The van der Waals surface area contributed by atoms with E-state index in [-0.39, 0.29) is 5.56 Å². The summed E-state index contributed by atoms with van der Waals surface area (Å²) >= 11 is 1.21. The molecule has 0 N–H and O–H groups in total. The lowest BCUT2D eigenvalue weighted by atomic mass is 10.2. The number of halogens is 3. The zero-order valence-corrected chi connectivity index (χ0v) is 13.5. The maximum absolute atomic E-state index is 12.7. The molecule has 2 aromatic heterocycles. The first-order chi connectivity index (χ1) is 11.3. The molecule has 0 radical (unpaired) electrons. The maximum atomic E-state index is 12.7. The number of hydrogen-bond acceptors (Lipinski definition) is 3. The van der Waals surface area contributed by atoms with Gasteiger partial charge in [-0.1, -0.05) is 12.1 Å². The topological polar surface area (TPSA) is 34.4 Å². The molecule has 2 heterocycles. The van der Waals surface area contributed by atoms with Gasteiger partial charge in [-0.15, -0.1) is 11.8 Å². The van der Waals surface area contributed by atoms with Gasteiger partial charge in [0.05, 0.1) is 11.3 Å². The van der Waals surface area contributed by atoms with E-state index in [2.05, 4.69) is 4.98 Å². The van der Waals surface area contributed by atoms with E-state index in [1.54, 1.807) is 18.3 Å². The van der Waals surface area contributed by atoms with E-state index in [1.165, 1.54) is 28.3 Å².